The van der Waals surface area contributed by atoms with Crippen LogP contribution >= 0.6 is 11.8 Å². The Balaban J connectivity index is 1.33. The van der Waals surface area contributed by atoms with Crippen LogP contribution < -0.4 is 0 Å². The largest absolute Gasteiger partial charge is 0.336 e. The van der Waals surface area contributed by atoms with Gasteiger partial charge in [0.25, 0.3) is 16.1 Å². The fraction of sp³-hybridized carbons (Fsp3) is 0.333. The highest BCUT2D eigenvalue weighted by Gasteiger charge is 2.30. The molecular weight excluding hydrogens is 434 g/mol. The van der Waals surface area contributed by atoms with Gasteiger partial charge in [-0.1, -0.05) is 36.0 Å². The molecule has 0 bridgehead atoms. The van der Waals surface area contributed by atoms with E-state index in [-0.39, 0.29) is 5.91 Å². The van der Waals surface area contributed by atoms with E-state index in [0.717, 1.165) is 27.5 Å². The molecule has 0 spiro atoms. The molecule has 0 saturated carbocycles. The minimum absolute atomic E-state index is 0.0709. The van der Waals surface area contributed by atoms with Gasteiger partial charge in [0.05, 0.1) is 11.0 Å². The van der Waals surface area contributed by atoms with Crippen molar-refractivity contribution in [3.05, 3.63) is 59.7 Å². The monoisotopic (exact) mass is 459 g/mol. The first-order valence-electron chi connectivity index (χ1n) is 9.98. The first-order valence-corrected chi connectivity index (χ1v) is 12.4. The van der Waals surface area contributed by atoms with E-state index in [0.29, 0.717) is 31.7 Å². The number of hydrogen-bond donors (Lipinski definition) is 1. The number of carbonyl (C=O) groups is 1. The summed E-state index contributed by atoms with van der Waals surface area (Å²) in [7, 11) is -0.409. The molecule has 31 heavy (non-hydrogen) atoms. The number of nitrogens with one attached hydrogen (secondary N) is 1. The summed E-state index contributed by atoms with van der Waals surface area (Å²) in [5.41, 5.74) is 3.68. The molecule has 2 aromatic carbocycles. The van der Waals surface area contributed by atoms with Gasteiger partial charge < -0.3 is 9.88 Å². The summed E-state index contributed by atoms with van der Waals surface area (Å²) in [5, 5.41) is 0.868. The van der Waals surface area contributed by atoms with Crippen molar-refractivity contribution in [2.45, 2.75) is 10.9 Å². The molecule has 1 fully saturated rings. The zero-order valence-electron chi connectivity index (χ0n) is 17.5. The quantitative estimate of drug-likeness (QED) is 0.572. The molecule has 4 rings (SSSR count). The van der Waals surface area contributed by atoms with Crippen molar-refractivity contribution in [3.63, 3.8) is 0 Å². The Hall–Kier alpha value is -2.40. The highest BCUT2D eigenvalue weighted by molar-refractivity contribution is 7.98. The normalized spacial score (nSPS) is 15.6. The number of para-hydroxylation sites is 2. The number of amides is 1. The third-order valence-corrected chi connectivity index (χ3v) is 8.14. The fourth-order valence-corrected chi connectivity index (χ4v) is 5.36. The zero-order chi connectivity index (χ0) is 22.0. The number of nitrogens with zero attached hydrogens (tertiary/aromatic N) is 4. The van der Waals surface area contributed by atoms with Crippen LogP contribution in [-0.2, 0) is 16.0 Å². The van der Waals surface area contributed by atoms with E-state index in [1.807, 2.05) is 48.5 Å². The molecule has 1 aromatic heterocycles. The summed E-state index contributed by atoms with van der Waals surface area (Å²) in [6.45, 7) is 1.38. The van der Waals surface area contributed by atoms with Gasteiger partial charge in [-0.15, -0.1) is 0 Å². The average molecular weight is 460 g/mol. The van der Waals surface area contributed by atoms with Gasteiger partial charge in [-0.2, -0.15) is 17.0 Å². The highest BCUT2D eigenvalue weighted by Crippen LogP contribution is 2.23. The lowest BCUT2D eigenvalue weighted by Gasteiger charge is -2.35. The van der Waals surface area contributed by atoms with Crippen LogP contribution in [0.2, 0.25) is 0 Å². The van der Waals surface area contributed by atoms with Gasteiger partial charge in [-0.05, 0) is 29.8 Å². The molecule has 164 valence electrons. The molecule has 0 aliphatic carbocycles. The molecule has 8 nitrogen and oxygen atoms in total. The molecule has 0 unspecified atom stereocenters. The van der Waals surface area contributed by atoms with Gasteiger partial charge in [-0.25, -0.2) is 4.98 Å². The predicted molar refractivity (Wildman–Crippen MR) is 122 cm³/mol. The van der Waals surface area contributed by atoms with Gasteiger partial charge in [0.2, 0.25) is 0 Å². The molecule has 3 aromatic rings. The molecular formula is C21H25N5O3S2. The summed E-state index contributed by atoms with van der Waals surface area (Å²) in [6, 6.07) is 15.5. The lowest BCUT2D eigenvalue weighted by atomic mass is 10.1. The smallest absolute Gasteiger partial charge is 0.281 e. The van der Waals surface area contributed by atoms with Crippen LogP contribution in [0.5, 0.6) is 0 Å². The Morgan fingerprint density at radius 1 is 1.06 bits per heavy atom. The van der Waals surface area contributed by atoms with E-state index in [1.165, 1.54) is 22.7 Å². The Kier molecular flexibility index (Phi) is 6.33. The number of aromatic amines is 1. The van der Waals surface area contributed by atoms with Gasteiger partial charge in [0.15, 0.2) is 5.16 Å². The SMILES string of the molecule is CN(C)S(=O)(=O)N1CCN(C(=O)c2ccc(CSc3nc4ccccc4[nH]3)cc2)CC1. The summed E-state index contributed by atoms with van der Waals surface area (Å²) < 4.78 is 27.1. The lowest BCUT2D eigenvalue weighted by molar-refractivity contribution is 0.0695. The van der Waals surface area contributed by atoms with Crippen molar-refractivity contribution in [1.29, 1.82) is 0 Å². The van der Waals surface area contributed by atoms with Crippen molar-refractivity contribution < 1.29 is 13.2 Å². The van der Waals surface area contributed by atoms with E-state index in [9.17, 15) is 13.2 Å². The first kappa shape index (κ1) is 21.8. The molecule has 1 amide bonds. The second-order valence-electron chi connectivity index (χ2n) is 7.53. The summed E-state index contributed by atoms with van der Waals surface area (Å²) in [4.78, 5) is 22.4. The van der Waals surface area contributed by atoms with Crippen LogP contribution in [0.1, 0.15) is 15.9 Å². The summed E-state index contributed by atoms with van der Waals surface area (Å²) in [5.74, 6) is 0.674. The van der Waals surface area contributed by atoms with Crippen molar-refractivity contribution in [3.8, 4) is 0 Å². The van der Waals surface area contributed by atoms with Gasteiger partial charge >= 0.3 is 0 Å². The van der Waals surface area contributed by atoms with Gasteiger partial charge in [0, 0.05) is 51.6 Å². The second-order valence-corrected chi connectivity index (χ2v) is 10.6. The average Bonchev–Trinajstić information content (AvgIpc) is 3.20. The standard InChI is InChI=1S/C21H25N5O3S2/c1-24(2)31(28,29)26-13-11-25(12-14-26)20(27)17-9-7-16(8-10-17)15-30-21-22-18-5-3-4-6-19(18)23-21/h3-10H,11-15H2,1-2H3,(H,22,23). The molecule has 1 aliphatic rings. The predicted octanol–water partition coefficient (Wildman–Crippen LogP) is 2.42. The van der Waals surface area contributed by atoms with Crippen molar-refractivity contribution in [2.75, 3.05) is 40.3 Å². The van der Waals surface area contributed by atoms with E-state index in [1.54, 1.807) is 16.7 Å². The number of piperazine rings is 1. The van der Waals surface area contributed by atoms with Crippen LogP contribution in [0.25, 0.3) is 11.0 Å². The molecule has 10 heteroatoms. The van der Waals surface area contributed by atoms with E-state index < -0.39 is 10.2 Å². The number of rotatable bonds is 6. The fourth-order valence-electron chi connectivity index (χ4n) is 3.43. The van der Waals surface area contributed by atoms with Gasteiger partial charge in [0.1, 0.15) is 0 Å². The number of fused-ring (bicyclic) bond motifs is 1. The molecule has 1 aliphatic heterocycles. The molecule has 0 radical (unpaired) electrons. The Labute approximate surface area is 186 Å². The van der Waals surface area contributed by atoms with E-state index >= 15 is 0 Å². The molecule has 1 saturated heterocycles. The molecule has 0 atom stereocenters. The summed E-state index contributed by atoms with van der Waals surface area (Å²) >= 11 is 1.62. The molecule has 2 heterocycles. The van der Waals surface area contributed by atoms with Crippen LogP contribution in [0.3, 0.4) is 0 Å². The minimum Gasteiger partial charge on any atom is -0.336 e. The number of benzene rings is 2. The van der Waals surface area contributed by atoms with E-state index in [4.69, 9.17) is 0 Å². The Bertz CT molecular complexity index is 1130. The highest BCUT2D eigenvalue weighted by atomic mass is 32.2. The second kappa shape index (κ2) is 8.99. The first-order chi connectivity index (χ1) is 14.8. The topological polar surface area (TPSA) is 89.6 Å². The third-order valence-electron chi connectivity index (χ3n) is 5.26. The lowest BCUT2D eigenvalue weighted by Crippen LogP contribution is -2.53. The maximum absolute atomic E-state index is 12.8. The van der Waals surface area contributed by atoms with Gasteiger partial charge in [-0.3, -0.25) is 4.79 Å². The Morgan fingerprint density at radius 3 is 2.39 bits per heavy atom. The number of imidazole rings is 1. The number of aromatic nitrogens is 2. The van der Waals surface area contributed by atoms with Crippen molar-refractivity contribution in [2.24, 2.45) is 0 Å². The maximum atomic E-state index is 12.8. The Morgan fingerprint density at radius 2 is 1.74 bits per heavy atom. The number of hydrogen-bond acceptors (Lipinski definition) is 5. The van der Waals surface area contributed by atoms with Crippen LogP contribution in [-0.4, -0.2) is 78.1 Å². The third kappa shape index (κ3) is 4.77. The van der Waals surface area contributed by atoms with Crippen LogP contribution in [0.15, 0.2) is 53.7 Å². The van der Waals surface area contributed by atoms with Crippen molar-refractivity contribution in [1.82, 2.24) is 23.5 Å². The molecule has 1 N–H and O–H groups in total. The summed E-state index contributed by atoms with van der Waals surface area (Å²) in [6.07, 6.45) is 0. The number of carbonyl (C=O) groups excluding carboxylic acids is 1. The van der Waals surface area contributed by atoms with Crippen molar-refractivity contribution >= 4 is 38.9 Å². The number of thioether (sulfide) groups is 1. The number of H-pyrrole nitrogens is 1. The van der Waals surface area contributed by atoms with E-state index in [2.05, 4.69) is 9.97 Å². The van der Waals surface area contributed by atoms with Crippen LogP contribution in [0, 0.1) is 0 Å². The van der Waals surface area contributed by atoms with Crippen LogP contribution in [0.4, 0.5) is 0 Å². The maximum Gasteiger partial charge on any atom is 0.281 e. The minimum atomic E-state index is -3.44. The zero-order valence-corrected chi connectivity index (χ0v) is 19.1.